The van der Waals surface area contributed by atoms with Crippen LogP contribution < -0.4 is 5.32 Å². The molecule has 3 aromatic rings. The molecule has 0 fully saturated rings. The van der Waals surface area contributed by atoms with E-state index in [-0.39, 0.29) is 24.4 Å². The third-order valence-electron chi connectivity index (χ3n) is 3.55. The van der Waals surface area contributed by atoms with Crippen molar-refractivity contribution in [3.05, 3.63) is 41.9 Å². The van der Waals surface area contributed by atoms with E-state index in [1.807, 2.05) is 0 Å². The molecule has 0 saturated heterocycles. The highest BCUT2D eigenvalue weighted by Crippen LogP contribution is 2.36. The van der Waals surface area contributed by atoms with E-state index in [1.165, 1.54) is 23.1 Å². The van der Waals surface area contributed by atoms with Gasteiger partial charge in [0.2, 0.25) is 11.8 Å². The number of amides is 1. The molecule has 2 aromatic heterocycles. The number of carbonyl (C=O) groups excluding carboxylic acids is 1. The Balaban J connectivity index is 1.80. The molecule has 0 atom stereocenters. The second-order valence-electron chi connectivity index (χ2n) is 5.42. The summed E-state index contributed by atoms with van der Waals surface area (Å²) in [7, 11) is 0. The predicted octanol–water partition coefficient (Wildman–Crippen LogP) is 2.68. The minimum absolute atomic E-state index is 0.0106. The van der Waals surface area contributed by atoms with Crippen LogP contribution in [0.3, 0.4) is 0 Å². The molecule has 0 aliphatic carbocycles. The van der Waals surface area contributed by atoms with Crippen LogP contribution in [0.25, 0.3) is 11.1 Å². The number of alkyl halides is 3. The van der Waals surface area contributed by atoms with Crippen molar-refractivity contribution in [2.75, 3.05) is 5.32 Å². The van der Waals surface area contributed by atoms with Crippen LogP contribution in [0.5, 0.6) is 0 Å². The highest BCUT2D eigenvalue weighted by Gasteiger charge is 2.31. The van der Waals surface area contributed by atoms with Crippen molar-refractivity contribution >= 4 is 11.8 Å². The maximum atomic E-state index is 12.9. The molecule has 3 rings (SSSR count). The average molecular weight is 366 g/mol. The van der Waals surface area contributed by atoms with Crippen molar-refractivity contribution in [2.45, 2.75) is 26.1 Å². The molecular formula is C15H13F3N6O2. The van der Waals surface area contributed by atoms with Gasteiger partial charge in [-0.25, -0.2) is 4.68 Å². The SMILES string of the molecule is Cc1noc(NC(=O)CCn2cnnn2)c1-c1cccc(C(F)(F)F)c1. The number of carbonyl (C=O) groups is 1. The summed E-state index contributed by atoms with van der Waals surface area (Å²) in [5.41, 5.74) is 0.105. The van der Waals surface area contributed by atoms with Gasteiger partial charge in [0.05, 0.1) is 23.4 Å². The van der Waals surface area contributed by atoms with Crippen LogP contribution in [-0.4, -0.2) is 31.3 Å². The van der Waals surface area contributed by atoms with E-state index in [2.05, 4.69) is 26.0 Å². The van der Waals surface area contributed by atoms with Gasteiger partial charge >= 0.3 is 6.18 Å². The minimum atomic E-state index is -4.48. The second-order valence-corrected chi connectivity index (χ2v) is 5.42. The lowest BCUT2D eigenvalue weighted by Gasteiger charge is -2.09. The fraction of sp³-hybridized carbons (Fsp3) is 0.267. The highest BCUT2D eigenvalue weighted by molar-refractivity contribution is 5.93. The van der Waals surface area contributed by atoms with Crippen LogP contribution in [0, 0.1) is 6.92 Å². The van der Waals surface area contributed by atoms with Gasteiger partial charge in [-0.15, -0.1) is 5.10 Å². The molecule has 11 heteroatoms. The third kappa shape index (κ3) is 3.87. The van der Waals surface area contributed by atoms with Gasteiger partial charge in [-0.1, -0.05) is 17.3 Å². The van der Waals surface area contributed by atoms with Gasteiger partial charge in [-0.05, 0) is 35.0 Å². The monoisotopic (exact) mass is 366 g/mol. The fourth-order valence-corrected chi connectivity index (χ4v) is 2.33. The lowest BCUT2D eigenvalue weighted by atomic mass is 10.0. The number of aryl methyl sites for hydroxylation is 2. The number of nitrogens with zero attached hydrogens (tertiary/aromatic N) is 5. The van der Waals surface area contributed by atoms with Crippen molar-refractivity contribution in [1.29, 1.82) is 0 Å². The number of nitrogens with one attached hydrogen (secondary N) is 1. The molecular weight excluding hydrogens is 353 g/mol. The number of hydrogen-bond acceptors (Lipinski definition) is 6. The van der Waals surface area contributed by atoms with Crippen LogP contribution in [0.15, 0.2) is 35.1 Å². The van der Waals surface area contributed by atoms with Gasteiger partial charge in [0, 0.05) is 6.42 Å². The Hall–Kier alpha value is -3.24. The van der Waals surface area contributed by atoms with Crippen LogP contribution in [0.2, 0.25) is 0 Å². The fourth-order valence-electron chi connectivity index (χ4n) is 2.33. The van der Waals surface area contributed by atoms with Gasteiger partial charge in [0.15, 0.2) is 0 Å². The van der Waals surface area contributed by atoms with E-state index >= 15 is 0 Å². The molecule has 0 unspecified atom stereocenters. The molecule has 0 radical (unpaired) electrons. The molecule has 0 aliphatic rings. The first-order valence-corrected chi connectivity index (χ1v) is 7.49. The Labute approximate surface area is 145 Å². The average Bonchev–Trinajstić information content (AvgIpc) is 3.22. The van der Waals surface area contributed by atoms with Gasteiger partial charge in [-0.3, -0.25) is 10.1 Å². The Morgan fingerprint density at radius 1 is 1.35 bits per heavy atom. The van der Waals surface area contributed by atoms with E-state index in [9.17, 15) is 18.0 Å². The zero-order valence-corrected chi connectivity index (χ0v) is 13.5. The molecule has 1 amide bonds. The molecule has 0 bridgehead atoms. The summed E-state index contributed by atoms with van der Waals surface area (Å²) in [5, 5.41) is 16.8. The largest absolute Gasteiger partial charge is 0.416 e. The first kappa shape index (κ1) is 17.6. The van der Waals surface area contributed by atoms with Crippen LogP contribution in [-0.2, 0) is 17.5 Å². The van der Waals surface area contributed by atoms with Crippen molar-refractivity contribution in [2.24, 2.45) is 0 Å². The minimum Gasteiger partial charge on any atom is -0.337 e. The van der Waals surface area contributed by atoms with E-state index in [0.717, 1.165) is 12.1 Å². The van der Waals surface area contributed by atoms with Gasteiger partial charge in [0.1, 0.15) is 6.33 Å². The van der Waals surface area contributed by atoms with E-state index in [1.54, 1.807) is 6.92 Å². The molecule has 2 heterocycles. The maximum absolute atomic E-state index is 12.9. The summed E-state index contributed by atoms with van der Waals surface area (Å²) < 4.78 is 45.2. The number of tetrazole rings is 1. The Morgan fingerprint density at radius 2 is 2.15 bits per heavy atom. The Bertz CT molecular complexity index is 905. The molecule has 136 valence electrons. The summed E-state index contributed by atoms with van der Waals surface area (Å²) >= 11 is 0. The Kier molecular flexibility index (Phi) is 4.69. The summed E-state index contributed by atoms with van der Waals surface area (Å²) in [6.45, 7) is 1.82. The normalized spacial score (nSPS) is 11.5. The van der Waals surface area contributed by atoms with E-state index in [4.69, 9.17) is 4.52 Å². The second kappa shape index (κ2) is 6.94. The molecule has 1 aromatic carbocycles. The van der Waals surface area contributed by atoms with E-state index in [0.29, 0.717) is 11.3 Å². The summed E-state index contributed by atoms with van der Waals surface area (Å²) in [6.07, 6.45) is -3.07. The highest BCUT2D eigenvalue weighted by atomic mass is 19.4. The number of rotatable bonds is 5. The van der Waals surface area contributed by atoms with Crippen LogP contribution in [0.1, 0.15) is 17.7 Å². The van der Waals surface area contributed by atoms with Gasteiger partial charge < -0.3 is 4.52 Å². The van der Waals surface area contributed by atoms with Gasteiger partial charge in [0.25, 0.3) is 0 Å². The Morgan fingerprint density at radius 3 is 2.85 bits per heavy atom. The van der Waals surface area contributed by atoms with Crippen molar-refractivity contribution in [3.8, 4) is 11.1 Å². The summed E-state index contributed by atoms with van der Waals surface area (Å²) in [5.74, 6) is -0.423. The first-order valence-electron chi connectivity index (χ1n) is 7.49. The third-order valence-corrected chi connectivity index (χ3v) is 3.55. The van der Waals surface area contributed by atoms with Crippen molar-refractivity contribution in [1.82, 2.24) is 25.4 Å². The molecule has 0 aliphatic heterocycles. The lowest BCUT2D eigenvalue weighted by Crippen LogP contribution is -2.15. The van der Waals surface area contributed by atoms with E-state index < -0.39 is 17.6 Å². The standard InChI is InChI=1S/C15H13F3N6O2/c1-9-13(10-3-2-4-11(7-10)15(16,17)18)14(26-21-9)20-12(25)5-6-24-8-19-22-23-24/h2-4,7-8H,5-6H2,1H3,(H,20,25). The molecule has 26 heavy (non-hydrogen) atoms. The molecule has 0 saturated carbocycles. The quantitative estimate of drug-likeness (QED) is 0.745. The molecule has 0 spiro atoms. The maximum Gasteiger partial charge on any atom is 0.416 e. The first-order chi connectivity index (χ1) is 12.3. The number of aromatic nitrogens is 5. The van der Waals surface area contributed by atoms with Crippen molar-refractivity contribution < 1.29 is 22.5 Å². The zero-order valence-electron chi connectivity index (χ0n) is 13.5. The molecule has 1 N–H and O–H groups in total. The van der Waals surface area contributed by atoms with Gasteiger partial charge in [-0.2, -0.15) is 13.2 Å². The molecule has 8 nitrogen and oxygen atoms in total. The van der Waals surface area contributed by atoms with Crippen molar-refractivity contribution in [3.63, 3.8) is 0 Å². The summed E-state index contributed by atoms with van der Waals surface area (Å²) in [4.78, 5) is 12.1. The predicted molar refractivity (Wildman–Crippen MR) is 82.7 cm³/mol. The van der Waals surface area contributed by atoms with Crippen LogP contribution >= 0.6 is 0 Å². The zero-order chi connectivity index (χ0) is 18.7. The number of anilines is 1. The van der Waals surface area contributed by atoms with Crippen LogP contribution in [0.4, 0.5) is 19.1 Å². The number of hydrogen-bond donors (Lipinski definition) is 1. The lowest BCUT2D eigenvalue weighted by molar-refractivity contribution is -0.137. The number of halogens is 3. The summed E-state index contributed by atoms with van der Waals surface area (Å²) in [6, 6.07) is 4.73. The topological polar surface area (TPSA) is 98.7 Å². The number of benzene rings is 1. The smallest absolute Gasteiger partial charge is 0.337 e.